The number of piperazine rings is 1. The second-order valence-electron chi connectivity index (χ2n) is 6.80. The lowest BCUT2D eigenvalue weighted by atomic mass is 10.1. The molecule has 1 saturated heterocycles. The van der Waals surface area contributed by atoms with Crippen LogP contribution in [-0.4, -0.2) is 48.6 Å². The zero-order valence-electron chi connectivity index (χ0n) is 14.3. The normalized spacial score (nSPS) is 24.0. The van der Waals surface area contributed by atoms with Crippen LogP contribution in [0.1, 0.15) is 38.3 Å². The number of nitrogens with zero attached hydrogens (tertiary/aromatic N) is 3. The third-order valence-electron chi connectivity index (χ3n) is 4.35. The van der Waals surface area contributed by atoms with E-state index in [4.69, 9.17) is 4.98 Å². The summed E-state index contributed by atoms with van der Waals surface area (Å²) in [6, 6.07) is 1.17. The summed E-state index contributed by atoms with van der Waals surface area (Å²) in [7, 11) is 2.22. The largest absolute Gasteiger partial charge is 0.345 e. The maximum absolute atomic E-state index is 4.81. The average molecular weight is 311 g/mol. The van der Waals surface area contributed by atoms with Gasteiger partial charge < -0.3 is 10.2 Å². The Morgan fingerprint density at radius 1 is 1.29 bits per heavy atom. The molecule has 1 N–H and O–H groups in total. The van der Waals surface area contributed by atoms with Crippen LogP contribution < -0.4 is 10.2 Å². The van der Waals surface area contributed by atoms with Crippen LogP contribution >= 0.6 is 11.3 Å². The molecule has 0 radical (unpaired) electrons. The SMILES string of the molecule is Cc1nc(N2CC(C)N(C)C(C)C2)sc1CNCC(C)C. The van der Waals surface area contributed by atoms with Crippen molar-refractivity contribution < 1.29 is 0 Å². The lowest BCUT2D eigenvalue weighted by molar-refractivity contribution is 0.170. The molecule has 5 heteroatoms. The Balaban J connectivity index is 2.01. The summed E-state index contributed by atoms with van der Waals surface area (Å²) in [5.41, 5.74) is 1.19. The van der Waals surface area contributed by atoms with Gasteiger partial charge in [0.25, 0.3) is 0 Å². The predicted molar refractivity (Wildman–Crippen MR) is 92.3 cm³/mol. The average Bonchev–Trinajstić information content (AvgIpc) is 2.77. The first-order valence-corrected chi connectivity index (χ1v) is 8.84. The number of anilines is 1. The topological polar surface area (TPSA) is 31.4 Å². The minimum Gasteiger partial charge on any atom is -0.345 e. The van der Waals surface area contributed by atoms with Crippen molar-refractivity contribution in [1.29, 1.82) is 0 Å². The lowest BCUT2D eigenvalue weighted by Gasteiger charge is -2.42. The van der Waals surface area contributed by atoms with E-state index in [9.17, 15) is 0 Å². The van der Waals surface area contributed by atoms with Gasteiger partial charge in [-0.1, -0.05) is 13.8 Å². The maximum Gasteiger partial charge on any atom is 0.185 e. The van der Waals surface area contributed by atoms with E-state index in [2.05, 4.69) is 56.8 Å². The van der Waals surface area contributed by atoms with Gasteiger partial charge >= 0.3 is 0 Å². The molecule has 0 amide bonds. The molecule has 1 aliphatic rings. The molecule has 2 atom stereocenters. The molecule has 0 aromatic carbocycles. The van der Waals surface area contributed by atoms with E-state index in [-0.39, 0.29) is 0 Å². The van der Waals surface area contributed by atoms with Gasteiger partial charge in [0.1, 0.15) is 0 Å². The minimum absolute atomic E-state index is 0.584. The fourth-order valence-electron chi connectivity index (χ4n) is 2.75. The van der Waals surface area contributed by atoms with Crippen molar-refractivity contribution in [2.24, 2.45) is 5.92 Å². The molecule has 2 rings (SSSR count). The molecule has 0 saturated carbocycles. The fraction of sp³-hybridized carbons (Fsp3) is 0.812. The first-order valence-electron chi connectivity index (χ1n) is 8.02. The highest BCUT2D eigenvalue weighted by Gasteiger charge is 2.28. The third-order valence-corrected chi connectivity index (χ3v) is 5.57. The van der Waals surface area contributed by atoms with E-state index in [0.29, 0.717) is 18.0 Å². The number of aromatic nitrogens is 1. The van der Waals surface area contributed by atoms with Crippen molar-refractivity contribution in [3.8, 4) is 0 Å². The van der Waals surface area contributed by atoms with Crippen LogP contribution in [0.2, 0.25) is 0 Å². The van der Waals surface area contributed by atoms with Gasteiger partial charge in [-0.05, 0) is 40.3 Å². The standard InChI is InChI=1S/C16H30N4S/c1-11(2)7-17-8-15-14(5)18-16(21-15)20-9-12(3)19(6)13(4)10-20/h11-13,17H,7-10H2,1-6H3. The van der Waals surface area contributed by atoms with Crippen molar-refractivity contribution in [3.05, 3.63) is 10.6 Å². The number of likely N-dealkylation sites (N-methyl/N-ethyl adjacent to an activating group) is 1. The summed E-state index contributed by atoms with van der Waals surface area (Å²) in [5.74, 6) is 0.692. The van der Waals surface area contributed by atoms with Crippen molar-refractivity contribution in [2.45, 2.75) is 53.2 Å². The molecule has 2 heterocycles. The summed E-state index contributed by atoms with van der Waals surface area (Å²) in [5, 5.41) is 4.72. The Hall–Kier alpha value is -0.650. The van der Waals surface area contributed by atoms with Crippen LogP contribution in [0.25, 0.3) is 0 Å². The first kappa shape index (κ1) is 16.7. The summed E-state index contributed by atoms with van der Waals surface area (Å²) in [6.07, 6.45) is 0. The molecule has 0 bridgehead atoms. The Kier molecular flexibility index (Phi) is 5.63. The molecular weight excluding hydrogens is 280 g/mol. The van der Waals surface area contributed by atoms with E-state index in [1.54, 1.807) is 0 Å². The van der Waals surface area contributed by atoms with Gasteiger partial charge in [0.2, 0.25) is 0 Å². The van der Waals surface area contributed by atoms with Gasteiger partial charge in [0.05, 0.1) is 5.69 Å². The lowest BCUT2D eigenvalue weighted by Crippen LogP contribution is -2.55. The van der Waals surface area contributed by atoms with Crippen molar-refractivity contribution in [1.82, 2.24) is 15.2 Å². The van der Waals surface area contributed by atoms with E-state index in [0.717, 1.165) is 26.2 Å². The Bertz CT molecular complexity index is 445. The molecule has 120 valence electrons. The van der Waals surface area contributed by atoms with E-state index in [1.165, 1.54) is 15.7 Å². The molecule has 4 nitrogen and oxygen atoms in total. The van der Waals surface area contributed by atoms with Crippen LogP contribution in [0.4, 0.5) is 5.13 Å². The summed E-state index contributed by atoms with van der Waals surface area (Å²) < 4.78 is 0. The smallest absolute Gasteiger partial charge is 0.185 e. The van der Waals surface area contributed by atoms with Gasteiger partial charge in [0, 0.05) is 36.6 Å². The highest BCUT2D eigenvalue weighted by Crippen LogP contribution is 2.28. The fourth-order valence-corrected chi connectivity index (χ4v) is 3.80. The third kappa shape index (κ3) is 4.18. The highest BCUT2D eigenvalue weighted by molar-refractivity contribution is 7.15. The molecule has 1 aromatic heterocycles. The first-order chi connectivity index (χ1) is 9.88. The number of hydrogen-bond donors (Lipinski definition) is 1. The van der Waals surface area contributed by atoms with Gasteiger partial charge in [-0.25, -0.2) is 4.98 Å². The van der Waals surface area contributed by atoms with E-state index >= 15 is 0 Å². The van der Waals surface area contributed by atoms with Crippen molar-refractivity contribution in [3.63, 3.8) is 0 Å². The van der Waals surface area contributed by atoms with Gasteiger partial charge in [-0.3, -0.25) is 4.90 Å². The minimum atomic E-state index is 0.584. The Morgan fingerprint density at radius 2 is 1.90 bits per heavy atom. The molecular formula is C16H30N4S. The van der Waals surface area contributed by atoms with Crippen LogP contribution in [0.5, 0.6) is 0 Å². The number of aryl methyl sites for hydroxylation is 1. The van der Waals surface area contributed by atoms with Crippen molar-refractivity contribution >= 4 is 16.5 Å². The quantitative estimate of drug-likeness (QED) is 0.906. The van der Waals surface area contributed by atoms with Crippen molar-refractivity contribution in [2.75, 3.05) is 31.6 Å². The van der Waals surface area contributed by atoms with Gasteiger partial charge in [-0.15, -0.1) is 11.3 Å². The Morgan fingerprint density at radius 3 is 2.48 bits per heavy atom. The molecule has 2 unspecified atom stereocenters. The number of rotatable bonds is 5. The molecule has 1 fully saturated rings. The van der Waals surface area contributed by atoms with Crippen LogP contribution in [0, 0.1) is 12.8 Å². The predicted octanol–water partition coefficient (Wildman–Crippen LogP) is 2.73. The number of thiazole rings is 1. The highest BCUT2D eigenvalue weighted by atomic mass is 32.1. The second-order valence-corrected chi connectivity index (χ2v) is 7.86. The number of nitrogens with one attached hydrogen (secondary N) is 1. The van der Waals surface area contributed by atoms with Gasteiger partial charge in [-0.2, -0.15) is 0 Å². The molecule has 1 aliphatic heterocycles. The van der Waals surface area contributed by atoms with E-state index < -0.39 is 0 Å². The number of hydrogen-bond acceptors (Lipinski definition) is 5. The monoisotopic (exact) mass is 310 g/mol. The molecule has 21 heavy (non-hydrogen) atoms. The van der Waals surface area contributed by atoms with Crippen LogP contribution in [0.15, 0.2) is 0 Å². The zero-order chi connectivity index (χ0) is 15.6. The molecule has 0 spiro atoms. The van der Waals surface area contributed by atoms with Crippen LogP contribution in [0.3, 0.4) is 0 Å². The summed E-state index contributed by atoms with van der Waals surface area (Å²) >= 11 is 1.86. The van der Waals surface area contributed by atoms with E-state index in [1.807, 2.05) is 11.3 Å². The summed E-state index contributed by atoms with van der Waals surface area (Å²) in [4.78, 5) is 11.1. The molecule has 1 aromatic rings. The Labute approximate surface area is 133 Å². The van der Waals surface area contributed by atoms with Gasteiger partial charge in [0.15, 0.2) is 5.13 Å². The van der Waals surface area contributed by atoms with Crippen LogP contribution in [-0.2, 0) is 6.54 Å². The maximum atomic E-state index is 4.81. The zero-order valence-corrected chi connectivity index (χ0v) is 15.1. The summed E-state index contributed by atoms with van der Waals surface area (Å²) in [6.45, 7) is 15.4. The molecule has 0 aliphatic carbocycles. The second kappa shape index (κ2) is 7.07.